The van der Waals surface area contributed by atoms with Crippen molar-refractivity contribution in [3.63, 3.8) is 0 Å². The molecule has 0 amide bonds. The molecule has 1 radical (unpaired) electrons. The van der Waals surface area contributed by atoms with Gasteiger partial charge in [0.15, 0.2) is 0 Å². The molecule has 0 fully saturated rings. The molecule has 0 aromatic heterocycles. The number of hydrogen-bond donors (Lipinski definition) is 0. The Morgan fingerprint density at radius 2 is 0.857 bits per heavy atom. The molecule has 0 aromatic rings. The topological polar surface area (TPSA) is 92.2 Å². The van der Waals surface area contributed by atoms with Crippen molar-refractivity contribution >= 4 is 0 Å². The van der Waals surface area contributed by atoms with Gasteiger partial charge in [-0.1, -0.05) is 0 Å². The first-order valence-electron chi connectivity index (χ1n) is 0.617. The SMILES string of the molecule is [Ag].[Cl-].[O-][Cl+3]([O-])([O-])[O-]. The maximum absolute atomic E-state index is 8.49. The predicted molar refractivity (Wildman–Crippen MR) is 0 cm³/mol. The number of halogens is 2. The van der Waals surface area contributed by atoms with Crippen LogP contribution in [0, 0.1) is 10.2 Å². The van der Waals surface area contributed by atoms with E-state index in [-0.39, 0.29) is 34.8 Å². The first kappa shape index (κ1) is 15.7. The van der Waals surface area contributed by atoms with Crippen LogP contribution < -0.4 is 31.0 Å². The van der Waals surface area contributed by atoms with Crippen LogP contribution in [0.4, 0.5) is 0 Å². The zero-order valence-electron chi connectivity index (χ0n) is 2.69. The molecular weight excluding hydrogens is 243 g/mol. The number of rotatable bonds is 0. The molecule has 0 aromatic carbocycles. The van der Waals surface area contributed by atoms with Crippen LogP contribution in [0.3, 0.4) is 0 Å². The van der Waals surface area contributed by atoms with Gasteiger partial charge in [-0.15, -0.1) is 10.2 Å². The molecule has 0 aliphatic carbocycles. The minimum atomic E-state index is -4.94. The summed E-state index contributed by atoms with van der Waals surface area (Å²) in [6.07, 6.45) is 0. The van der Waals surface area contributed by atoms with Gasteiger partial charge in [-0.3, -0.25) is 0 Å². The van der Waals surface area contributed by atoms with Crippen LogP contribution in [-0.4, -0.2) is 0 Å². The molecule has 7 heavy (non-hydrogen) atoms. The monoisotopic (exact) mass is 241 g/mol. The molecule has 7 heteroatoms. The van der Waals surface area contributed by atoms with Crippen molar-refractivity contribution in [3.05, 3.63) is 0 Å². The van der Waals surface area contributed by atoms with Gasteiger partial charge >= 0.3 is 0 Å². The third kappa shape index (κ3) is 142. The van der Waals surface area contributed by atoms with E-state index in [2.05, 4.69) is 0 Å². The van der Waals surface area contributed by atoms with Crippen LogP contribution >= 0.6 is 0 Å². The summed E-state index contributed by atoms with van der Waals surface area (Å²) < 4.78 is 34.0. The van der Waals surface area contributed by atoms with Crippen molar-refractivity contribution in [3.8, 4) is 0 Å². The van der Waals surface area contributed by atoms with Gasteiger partial charge in [-0.2, -0.15) is 0 Å². The number of hydrogen-bond acceptors (Lipinski definition) is 4. The average molecular weight is 243 g/mol. The summed E-state index contributed by atoms with van der Waals surface area (Å²) in [7, 11) is -4.94. The largest absolute Gasteiger partial charge is 1.00 e. The summed E-state index contributed by atoms with van der Waals surface area (Å²) >= 11 is 0. The maximum Gasteiger partial charge on any atom is 0 e. The van der Waals surface area contributed by atoms with Crippen molar-refractivity contribution in [2.75, 3.05) is 0 Å². The van der Waals surface area contributed by atoms with Gasteiger partial charge < -0.3 is 12.4 Å². The van der Waals surface area contributed by atoms with Gasteiger partial charge in [-0.25, -0.2) is 18.6 Å². The van der Waals surface area contributed by atoms with Crippen molar-refractivity contribution in [2.24, 2.45) is 0 Å². The van der Waals surface area contributed by atoms with E-state index in [0.717, 1.165) is 0 Å². The Hall–Kier alpha value is 1.16. The molecule has 4 nitrogen and oxygen atoms in total. The standard InChI is InChI=1S/Ag.ClHO4.ClH/c;2-1(3,4)5;/h;(H,2,3,4,5);1H/p-2. The summed E-state index contributed by atoms with van der Waals surface area (Å²) in [5.41, 5.74) is 0. The van der Waals surface area contributed by atoms with E-state index in [1.807, 2.05) is 0 Å². The fraction of sp³-hybridized carbons (Fsp3) is 0. The zero-order valence-corrected chi connectivity index (χ0v) is 5.68. The van der Waals surface area contributed by atoms with E-state index < -0.39 is 10.2 Å². The second-order valence-electron chi connectivity index (χ2n) is 0.378. The Bertz CT molecular complexity index is 25.2. The van der Waals surface area contributed by atoms with E-state index in [4.69, 9.17) is 18.6 Å². The van der Waals surface area contributed by atoms with Crippen molar-refractivity contribution in [2.45, 2.75) is 0 Å². The van der Waals surface area contributed by atoms with Crippen LogP contribution in [0.2, 0.25) is 0 Å². The van der Waals surface area contributed by atoms with E-state index in [9.17, 15) is 0 Å². The Morgan fingerprint density at radius 1 is 0.857 bits per heavy atom. The Kier molecular flexibility index (Phi) is 11.9. The molecule has 0 aliphatic heterocycles. The summed E-state index contributed by atoms with van der Waals surface area (Å²) in [5, 5.41) is 0. The summed E-state index contributed by atoms with van der Waals surface area (Å²) in [5.74, 6) is 0. The molecule has 0 aliphatic rings. The van der Waals surface area contributed by atoms with Crippen LogP contribution in [0.5, 0.6) is 0 Å². The minimum absolute atomic E-state index is 0. The first-order valence-corrected chi connectivity index (χ1v) is 1.85. The van der Waals surface area contributed by atoms with Gasteiger partial charge in [0.25, 0.3) is 0 Å². The predicted octanol–water partition coefficient (Wildman–Crippen LogP) is -7.75. The third-order valence-electron chi connectivity index (χ3n) is 0. The van der Waals surface area contributed by atoms with Crippen molar-refractivity contribution < 1.29 is 63.7 Å². The van der Waals surface area contributed by atoms with E-state index >= 15 is 0 Å². The molecule has 51 valence electrons. The van der Waals surface area contributed by atoms with Gasteiger partial charge in [-0.05, 0) is 0 Å². The molecule has 0 atom stereocenters. The van der Waals surface area contributed by atoms with E-state index in [1.54, 1.807) is 0 Å². The van der Waals surface area contributed by atoms with Gasteiger partial charge in [0, 0.05) is 22.4 Å². The second-order valence-corrected chi connectivity index (χ2v) is 1.13. The molecule has 0 heterocycles. The fourth-order valence-electron chi connectivity index (χ4n) is 0. The molecule has 0 N–H and O–H groups in total. The summed E-state index contributed by atoms with van der Waals surface area (Å²) in [4.78, 5) is 0. The van der Waals surface area contributed by atoms with Crippen molar-refractivity contribution in [1.29, 1.82) is 0 Å². The van der Waals surface area contributed by atoms with Crippen LogP contribution in [0.1, 0.15) is 0 Å². The normalized spacial score (nSPS) is 8.57. The molecular formula is AgCl2O4-2. The Morgan fingerprint density at radius 3 is 0.857 bits per heavy atom. The molecule has 0 saturated heterocycles. The smallest absolute Gasteiger partial charge is 0 e. The molecule has 0 bridgehead atoms. The Labute approximate surface area is 63.8 Å². The molecule has 0 unspecified atom stereocenters. The maximum atomic E-state index is 8.49. The first-order chi connectivity index (χ1) is 2.00. The van der Waals surface area contributed by atoms with Crippen LogP contribution in [-0.2, 0) is 22.4 Å². The van der Waals surface area contributed by atoms with Crippen LogP contribution in [0.15, 0.2) is 0 Å². The summed E-state index contributed by atoms with van der Waals surface area (Å²) in [6, 6.07) is 0. The zero-order chi connectivity index (χ0) is 4.50. The second kappa shape index (κ2) is 5.30. The average Bonchev–Trinajstić information content (AvgIpc) is 0.722. The fourth-order valence-corrected chi connectivity index (χ4v) is 0. The van der Waals surface area contributed by atoms with Crippen LogP contribution in [0.25, 0.3) is 0 Å². The van der Waals surface area contributed by atoms with Crippen molar-refractivity contribution in [1.82, 2.24) is 0 Å². The van der Waals surface area contributed by atoms with Gasteiger partial charge in [0.2, 0.25) is 0 Å². The minimum Gasteiger partial charge on any atom is -1.00 e. The molecule has 0 saturated carbocycles. The Balaban J connectivity index is -0.0000000800. The molecule has 0 rings (SSSR count). The molecule has 0 spiro atoms. The quantitative estimate of drug-likeness (QED) is 0.395. The summed E-state index contributed by atoms with van der Waals surface area (Å²) in [6.45, 7) is 0. The van der Waals surface area contributed by atoms with Gasteiger partial charge in [0.05, 0.1) is 0 Å². The van der Waals surface area contributed by atoms with E-state index in [1.165, 1.54) is 0 Å². The van der Waals surface area contributed by atoms with Gasteiger partial charge in [0.1, 0.15) is 0 Å². The van der Waals surface area contributed by atoms with E-state index in [0.29, 0.717) is 0 Å². The third-order valence-corrected chi connectivity index (χ3v) is 0.